The molecule has 0 fully saturated rings. The highest BCUT2D eigenvalue weighted by atomic mass is 14.1. The van der Waals surface area contributed by atoms with Crippen molar-refractivity contribution in [3.8, 4) is 0 Å². The Balaban J connectivity index is -0.000000328. The Labute approximate surface area is 116 Å². The van der Waals surface area contributed by atoms with Crippen molar-refractivity contribution in [1.29, 1.82) is 0 Å². The van der Waals surface area contributed by atoms with Crippen LogP contribution in [0.15, 0.2) is 24.8 Å². The van der Waals surface area contributed by atoms with Gasteiger partial charge in [-0.2, -0.15) is 0 Å². The molecule has 0 heterocycles. The molecule has 0 saturated heterocycles. The predicted octanol–water partition coefficient (Wildman–Crippen LogP) is 6.67. The van der Waals surface area contributed by atoms with E-state index in [4.69, 9.17) is 0 Å². The molecule has 0 spiro atoms. The summed E-state index contributed by atoms with van der Waals surface area (Å²) in [7, 11) is 0. The molecule has 0 radical (unpaired) electrons. The molecule has 0 nitrogen and oxygen atoms in total. The van der Waals surface area contributed by atoms with Gasteiger partial charge < -0.3 is 0 Å². The Morgan fingerprint density at radius 1 is 1.00 bits per heavy atom. The first kappa shape index (κ1) is 22.2. The van der Waals surface area contributed by atoms with Gasteiger partial charge in [-0.1, -0.05) is 78.8 Å². The standard InChI is InChI=1S/C12H16.3C2H6/c1-5-11-10(4)7-6-8-12(11)9(2)3;3*1-2/h6-8H,2,5H2,1,3-4H3;3*1-2H3. The summed E-state index contributed by atoms with van der Waals surface area (Å²) >= 11 is 0. The molecule has 1 aromatic rings. The number of rotatable bonds is 2. The molecule has 1 rings (SSSR count). The Kier molecular flexibility index (Phi) is 19.7. The largest absolute Gasteiger partial charge is 0.0955 e. The van der Waals surface area contributed by atoms with Crippen LogP contribution in [0.4, 0.5) is 0 Å². The third-order valence-electron chi connectivity index (χ3n) is 2.22. The van der Waals surface area contributed by atoms with Crippen molar-refractivity contribution in [3.05, 3.63) is 41.5 Å². The van der Waals surface area contributed by atoms with Gasteiger partial charge in [0, 0.05) is 0 Å². The summed E-state index contributed by atoms with van der Waals surface area (Å²) < 4.78 is 0. The molecule has 0 atom stereocenters. The van der Waals surface area contributed by atoms with E-state index in [1.54, 1.807) is 0 Å². The van der Waals surface area contributed by atoms with Gasteiger partial charge in [0.25, 0.3) is 0 Å². The lowest BCUT2D eigenvalue weighted by Crippen LogP contribution is -1.92. The molecule has 0 aliphatic rings. The second kappa shape index (κ2) is 16.0. The van der Waals surface area contributed by atoms with Crippen LogP contribution in [-0.2, 0) is 6.42 Å². The van der Waals surface area contributed by atoms with Crippen LogP contribution in [0.2, 0.25) is 0 Å². The minimum Gasteiger partial charge on any atom is -0.0955 e. The van der Waals surface area contributed by atoms with Crippen molar-refractivity contribution in [1.82, 2.24) is 0 Å². The lowest BCUT2D eigenvalue weighted by molar-refractivity contribution is 1.10. The Morgan fingerprint density at radius 3 is 1.72 bits per heavy atom. The monoisotopic (exact) mass is 250 g/mol. The van der Waals surface area contributed by atoms with Crippen molar-refractivity contribution in [2.75, 3.05) is 0 Å². The van der Waals surface area contributed by atoms with Gasteiger partial charge in [-0.25, -0.2) is 0 Å². The quantitative estimate of drug-likeness (QED) is 0.550. The van der Waals surface area contributed by atoms with Crippen molar-refractivity contribution in [3.63, 3.8) is 0 Å². The van der Waals surface area contributed by atoms with Gasteiger partial charge in [0.15, 0.2) is 0 Å². The number of allylic oxidation sites excluding steroid dienone is 1. The first-order chi connectivity index (χ1) is 8.66. The molecule has 18 heavy (non-hydrogen) atoms. The zero-order valence-corrected chi connectivity index (χ0v) is 14.1. The van der Waals surface area contributed by atoms with Gasteiger partial charge in [0.1, 0.15) is 0 Å². The molecule has 1 aromatic carbocycles. The zero-order chi connectivity index (χ0) is 15.1. The number of hydrogen-bond donors (Lipinski definition) is 0. The van der Waals surface area contributed by atoms with E-state index in [1.807, 2.05) is 41.5 Å². The van der Waals surface area contributed by atoms with E-state index in [0.29, 0.717) is 0 Å². The Bertz CT molecular complexity index is 295. The smallest absolute Gasteiger partial charge is 0.0199 e. The summed E-state index contributed by atoms with van der Waals surface area (Å²) in [5, 5.41) is 0. The summed E-state index contributed by atoms with van der Waals surface area (Å²) in [5.74, 6) is 0. The van der Waals surface area contributed by atoms with E-state index in [2.05, 4.69) is 45.5 Å². The second-order valence-electron chi connectivity index (χ2n) is 3.23. The van der Waals surface area contributed by atoms with Crippen LogP contribution in [-0.4, -0.2) is 0 Å². The van der Waals surface area contributed by atoms with Gasteiger partial charge in [0.2, 0.25) is 0 Å². The van der Waals surface area contributed by atoms with Crippen molar-refractivity contribution < 1.29 is 0 Å². The summed E-state index contributed by atoms with van der Waals surface area (Å²) in [6.45, 7) is 22.4. The van der Waals surface area contributed by atoms with Gasteiger partial charge in [0.05, 0.1) is 0 Å². The topological polar surface area (TPSA) is 0 Å². The van der Waals surface area contributed by atoms with Gasteiger partial charge >= 0.3 is 0 Å². The molecular formula is C18H34. The molecule has 0 unspecified atom stereocenters. The fourth-order valence-electron chi connectivity index (χ4n) is 1.57. The maximum atomic E-state index is 3.98. The summed E-state index contributed by atoms with van der Waals surface area (Å²) in [5.41, 5.74) is 5.29. The molecule has 0 amide bonds. The van der Waals surface area contributed by atoms with Crippen molar-refractivity contribution in [2.45, 2.75) is 68.7 Å². The minimum absolute atomic E-state index is 1.09. The minimum atomic E-state index is 1.09. The molecule has 0 saturated carbocycles. The van der Waals surface area contributed by atoms with Crippen LogP contribution in [0, 0.1) is 6.92 Å². The van der Waals surface area contributed by atoms with E-state index in [1.165, 1.54) is 16.7 Å². The summed E-state index contributed by atoms with van der Waals surface area (Å²) in [4.78, 5) is 0. The molecule has 0 N–H and O–H groups in total. The maximum absolute atomic E-state index is 3.98. The number of hydrogen-bond acceptors (Lipinski definition) is 0. The highest BCUT2D eigenvalue weighted by molar-refractivity contribution is 5.65. The second-order valence-corrected chi connectivity index (χ2v) is 3.23. The lowest BCUT2D eigenvalue weighted by atomic mass is 9.96. The average Bonchev–Trinajstić information content (AvgIpc) is 2.45. The fourth-order valence-corrected chi connectivity index (χ4v) is 1.57. The molecule has 0 aromatic heterocycles. The van der Waals surface area contributed by atoms with Crippen molar-refractivity contribution >= 4 is 5.57 Å². The van der Waals surface area contributed by atoms with E-state index >= 15 is 0 Å². The van der Waals surface area contributed by atoms with E-state index in [0.717, 1.165) is 12.0 Å². The van der Waals surface area contributed by atoms with Crippen LogP contribution >= 0.6 is 0 Å². The highest BCUT2D eigenvalue weighted by Gasteiger charge is 2.02. The first-order valence-electron chi connectivity index (χ1n) is 7.41. The zero-order valence-electron chi connectivity index (χ0n) is 14.1. The van der Waals surface area contributed by atoms with E-state index < -0.39 is 0 Å². The lowest BCUT2D eigenvalue weighted by Gasteiger charge is -2.09. The van der Waals surface area contributed by atoms with Crippen LogP contribution in [0.1, 0.15) is 72.1 Å². The fraction of sp³-hybridized carbons (Fsp3) is 0.556. The van der Waals surface area contributed by atoms with Gasteiger partial charge in [-0.15, -0.1) is 0 Å². The van der Waals surface area contributed by atoms with Gasteiger partial charge in [-0.05, 0) is 37.0 Å². The Morgan fingerprint density at radius 2 is 1.44 bits per heavy atom. The SMILES string of the molecule is C=C(C)c1cccc(C)c1CC.CC.CC.CC. The van der Waals surface area contributed by atoms with Gasteiger partial charge in [-0.3, -0.25) is 0 Å². The van der Waals surface area contributed by atoms with E-state index in [9.17, 15) is 0 Å². The molecule has 0 aliphatic carbocycles. The summed E-state index contributed by atoms with van der Waals surface area (Å²) in [6, 6.07) is 6.40. The molecule has 106 valence electrons. The maximum Gasteiger partial charge on any atom is -0.0199 e. The van der Waals surface area contributed by atoms with Crippen LogP contribution < -0.4 is 0 Å². The van der Waals surface area contributed by atoms with E-state index in [-0.39, 0.29) is 0 Å². The van der Waals surface area contributed by atoms with Crippen molar-refractivity contribution in [2.24, 2.45) is 0 Å². The number of aryl methyl sites for hydroxylation is 1. The molecule has 0 aliphatic heterocycles. The van der Waals surface area contributed by atoms with Crippen LogP contribution in [0.5, 0.6) is 0 Å². The van der Waals surface area contributed by atoms with Crippen LogP contribution in [0.3, 0.4) is 0 Å². The van der Waals surface area contributed by atoms with Crippen LogP contribution in [0.25, 0.3) is 5.57 Å². The third kappa shape index (κ3) is 8.11. The third-order valence-corrected chi connectivity index (χ3v) is 2.22. The summed E-state index contributed by atoms with van der Waals surface area (Å²) in [6.07, 6.45) is 1.09. The normalized spacial score (nSPS) is 7.61. The first-order valence-corrected chi connectivity index (χ1v) is 7.41. The molecule has 0 heteroatoms. The predicted molar refractivity (Wildman–Crippen MR) is 89.3 cm³/mol. The number of benzene rings is 1. The average molecular weight is 250 g/mol. The molecular weight excluding hydrogens is 216 g/mol. The molecule has 0 bridgehead atoms. The Hall–Kier alpha value is -1.04. The highest BCUT2D eigenvalue weighted by Crippen LogP contribution is 2.20.